The fraction of sp³-hybridized carbons (Fsp3) is 0.273. The van der Waals surface area contributed by atoms with Crippen LogP contribution in [0, 0.1) is 13.8 Å². The van der Waals surface area contributed by atoms with Crippen molar-refractivity contribution in [2.45, 2.75) is 20.4 Å². The van der Waals surface area contributed by atoms with Gasteiger partial charge >= 0.3 is 5.97 Å². The molecule has 0 saturated carbocycles. The number of hydrogen-bond donors (Lipinski definition) is 1. The normalized spacial score (nSPS) is 10.5. The lowest BCUT2D eigenvalue weighted by atomic mass is 10.2. The lowest BCUT2D eigenvalue weighted by molar-refractivity contribution is -0.119. The largest absolute Gasteiger partial charge is 0.497 e. The number of thiophene rings is 1. The summed E-state index contributed by atoms with van der Waals surface area (Å²) in [6.07, 6.45) is 0. The van der Waals surface area contributed by atoms with Gasteiger partial charge in [-0.15, -0.1) is 11.3 Å². The Kier molecular flexibility index (Phi) is 6.79. The number of amides is 1. The van der Waals surface area contributed by atoms with Gasteiger partial charge in [0.15, 0.2) is 6.61 Å². The molecule has 2 aromatic heterocycles. The van der Waals surface area contributed by atoms with Crippen LogP contribution in [0.1, 0.15) is 26.6 Å². The Morgan fingerprint density at radius 2 is 1.90 bits per heavy atom. The summed E-state index contributed by atoms with van der Waals surface area (Å²) in [6.45, 7) is 4.10. The van der Waals surface area contributed by atoms with Gasteiger partial charge in [0.2, 0.25) is 0 Å². The van der Waals surface area contributed by atoms with Crippen LogP contribution in [-0.4, -0.2) is 37.3 Å². The van der Waals surface area contributed by atoms with Gasteiger partial charge in [-0.05, 0) is 43.5 Å². The van der Waals surface area contributed by atoms with E-state index >= 15 is 0 Å². The molecule has 1 aromatic carbocycles. The van der Waals surface area contributed by atoms with Gasteiger partial charge < -0.3 is 24.1 Å². The number of carbonyl (C=O) groups excluding carboxylic acids is 2. The van der Waals surface area contributed by atoms with E-state index < -0.39 is 18.5 Å². The molecule has 0 fully saturated rings. The van der Waals surface area contributed by atoms with Gasteiger partial charge in [0.25, 0.3) is 5.91 Å². The summed E-state index contributed by atoms with van der Waals surface area (Å²) in [5.74, 6) is 0.0458. The number of ether oxygens (including phenoxy) is 3. The second-order valence-corrected chi connectivity index (χ2v) is 7.67. The molecule has 0 aliphatic carbocycles. The highest BCUT2D eigenvalue weighted by Gasteiger charge is 2.19. The first-order valence-corrected chi connectivity index (χ1v) is 10.2. The zero-order valence-corrected chi connectivity index (χ0v) is 18.2. The molecule has 0 atom stereocenters. The Morgan fingerprint density at radius 1 is 1.10 bits per heavy atom. The number of anilines is 1. The van der Waals surface area contributed by atoms with Crippen molar-refractivity contribution in [2.24, 2.45) is 0 Å². The van der Waals surface area contributed by atoms with Crippen molar-refractivity contribution in [1.29, 1.82) is 0 Å². The maximum Gasteiger partial charge on any atom is 0.340 e. The minimum Gasteiger partial charge on any atom is -0.497 e. The number of methoxy groups -OCH3 is 2. The summed E-state index contributed by atoms with van der Waals surface area (Å²) >= 11 is 1.66. The van der Waals surface area contributed by atoms with E-state index in [2.05, 4.69) is 16.0 Å². The van der Waals surface area contributed by atoms with Gasteiger partial charge in [0, 0.05) is 22.3 Å². The molecule has 30 heavy (non-hydrogen) atoms. The van der Waals surface area contributed by atoms with E-state index in [0.29, 0.717) is 29.3 Å². The molecule has 1 amide bonds. The molecule has 8 heteroatoms. The Hall–Kier alpha value is -3.26. The second kappa shape index (κ2) is 9.49. The fourth-order valence-corrected chi connectivity index (χ4v) is 3.81. The van der Waals surface area contributed by atoms with E-state index in [-0.39, 0.29) is 0 Å². The quantitative estimate of drug-likeness (QED) is 0.548. The molecule has 3 rings (SSSR count). The van der Waals surface area contributed by atoms with Crippen LogP contribution in [0.4, 0.5) is 5.69 Å². The Morgan fingerprint density at radius 3 is 2.57 bits per heavy atom. The first-order valence-electron chi connectivity index (χ1n) is 9.31. The topological polar surface area (TPSA) is 78.8 Å². The first kappa shape index (κ1) is 21.4. The van der Waals surface area contributed by atoms with Crippen LogP contribution in [-0.2, 0) is 16.1 Å². The summed E-state index contributed by atoms with van der Waals surface area (Å²) in [7, 11) is 3.04. The van der Waals surface area contributed by atoms with E-state index in [4.69, 9.17) is 14.2 Å². The highest BCUT2D eigenvalue weighted by Crippen LogP contribution is 2.28. The summed E-state index contributed by atoms with van der Waals surface area (Å²) < 4.78 is 17.7. The third-order valence-electron chi connectivity index (χ3n) is 4.70. The highest BCUT2D eigenvalue weighted by molar-refractivity contribution is 7.09. The number of hydrogen-bond acceptors (Lipinski definition) is 6. The molecule has 7 nitrogen and oxygen atoms in total. The molecule has 0 saturated heterocycles. The molecule has 3 aromatic rings. The van der Waals surface area contributed by atoms with Crippen LogP contribution in [0.2, 0.25) is 0 Å². The van der Waals surface area contributed by atoms with Crippen molar-refractivity contribution < 1.29 is 23.8 Å². The number of esters is 1. The van der Waals surface area contributed by atoms with Crippen LogP contribution >= 0.6 is 11.3 Å². The average molecular weight is 429 g/mol. The van der Waals surface area contributed by atoms with Gasteiger partial charge in [0.1, 0.15) is 11.5 Å². The van der Waals surface area contributed by atoms with Crippen molar-refractivity contribution in [3.8, 4) is 11.5 Å². The maximum atomic E-state index is 12.6. The van der Waals surface area contributed by atoms with Crippen LogP contribution in [0.25, 0.3) is 0 Å². The van der Waals surface area contributed by atoms with Gasteiger partial charge in [-0.3, -0.25) is 4.79 Å². The fourth-order valence-electron chi connectivity index (χ4n) is 3.12. The molecule has 0 unspecified atom stereocenters. The minimum absolute atomic E-state index is 0.409. The summed E-state index contributed by atoms with van der Waals surface area (Å²) in [5.41, 5.74) is 2.65. The number of benzene rings is 1. The van der Waals surface area contributed by atoms with Crippen molar-refractivity contribution in [3.63, 3.8) is 0 Å². The molecule has 0 aliphatic heterocycles. The Labute approximate surface area is 179 Å². The second-order valence-electron chi connectivity index (χ2n) is 6.64. The number of nitrogens with one attached hydrogen (secondary N) is 1. The van der Waals surface area contributed by atoms with Crippen LogP contribution in [0.15, 0.2) is 41.8 Å². The zero-order chi connectivity index (χ0) is 21.7. The predicted octanol–water partition coefficient (Wildman–Crippen LogP) is 4.03. The molecular weight excluding hydrogens is 404 g/mol. The summed E-state index contributed by atoms with van der Waals surface area (Å²) in [4.78, 5) is 26.0. The molecule has 0 aliphatic rings. The summed E-state index contributed by atoms with van der Waals surface area (Å²) in [6, 6.07) is 10.9. The van der Waals surface area contributed by atoms with Crippen LogP contribution in [0.3, 0.4) is 0 Å². The smallest absolute Gasteiger partial charge is 0.340 e. The number of aryl methyl sites for hydroxylation is 1. The minimum atomic E-state index is -0.534. The third-order valence-corrected chi connectivity index (χ3v) is 5.56. The Bertz CT molecular complexity index is 1040. The van der Waals surface area contributed by atoms with Crippen LogP contribution < -0.4 is 14.8 Å². The van der Waals surface area contributed by atoms with Gasteiger partial charge in [-0.2, -0.15) is 0 Å². The lowest BCUT2D eigenvalue weighted by Gasteiger charge is -2.12. The van der Waals surface area contributed by atoms with Gasteiger partial charge in [0.05, 0.1) is 32.0 Å². The van der Waals surface area contributed by atoms with Crippen molar-refractivity contribution in [1.82, 2.24) is 4.57 Å². The van der Waals surface area contributed by atoms with E-state index in [1.54, 1.807) is 35.6 Å². The van der Waals surface area contributed by atoms with Crippen molar-refractivity contribution in [3.05, 3.63) is 63.6 Å². The lowest BCUT2D eigenvalue weighted by Crippen LogP contribution is -2.21. The standard InChI is InChI=1S/C22H24N2O5S/c1-14-10-18(15(2)24(14)12-17-6-5-9-30-17)22(26)29-13-21(25)23-19-11-16(27-3)7-8-20(19)28-4/h5-11H,12-13H2,1-4H3,(H,23,25). The number of rotatable bonds is 8. The molecule has 0 spiro atoms. The van der Waals surface area contributed by atoms with Crippen LogP contribution in [0.5, 0.6) is 11.5 Å². The number of nitrogens with zero attached hydrogens (tertiary/aromatic N) is 1. The third kappa shape index (κ3) is 4.83. The zero-order valence-electron chi connectivity index (χ0n) is 17.4. The number of aromatic nitrogens is 1. The molecule has 158 valence electrons. The number of carbonyl (C=O) groups is 2. The molecule has 0 bridgehead atoms. The first-order chi connectivity index (χ1) is 14.4. The van der Waals surface area contributed by atoms with Crippen molar-refractivity contribution in [2.75, 3.05) is 26.1 Å². The molecule has 2 heterocycles. The van der Waals surface area contributed by atoms with Gasteiger partial charge in [-0.1, -0.05) is 6.07 Å². The van der Waals surface area contributed by atoms with Gasteiger partial charge in [-0.25, -0.2) is 4.79 Å². The van der Waals surface area contributed by atoms with E-state index in [1.165, 1.54) is 19.1 Å². The van der Waals surface area contributed by atoms with E-state index in [1.807, 2.05) is 25.3 Å². The molecule has 1 N–H and O–H groups in total. The highest BCUT2D eigenvalue weighted by atomic mass is 32.1. The SMILES string of the molecule is COc1ccc(OC)c(NC(=O)COC(=O)c2cc(C)n(Cc3cccs3)c2C)c1. The Balaban J connectivity index is 1.64. The maximum absolute atomic E-state index is 12.6. The van der Waals surface area contributed by atoms with E-state index in [9.17, 15) is 9.59 Å². The predicted molar refractivity (Wildman–Crippen MR) is 116 cm³/mol. The monoisotopic (exact) mass is 428 g/mol. The average Bonchev–Trinajstić information content (AvgIpc) is 3.35. The van der Waals surface area contributed by atoms with Crippen molar-refractivity contribution >= 4 is 28.9 Å². The molecular formula is C22H24N2O5S. The van der Waals surface area contributed by atoms with E-state index in [0.717, 1.165) is 11.4 Å². The molecule has 0 radical (unpaired) electrons. The summed E-state index contributed by atoms with van der Waals surface area (Å²) in [5, 5.41) is 4.70.